The smallest absolute Gasteiger partial charge is 0.264 e. The second-order valence-electron chi connectivity index (χ2n) is 15.6. The zero-order chi connectivity index (χ0) is 36.8. The first-order valence-corrected chi connectivity index (χ1v) is 19.5. The lowest BCUT2D eigenvalue weighted by Gasteiger charge is -2.44. The molecule has 52 heavy (non-hydrogen) atoms. The molecular weight excluding hydrogens is 677 g/mol. The molecule has 2 aromatic carbocycles. The number of nitrogens with one attached hydrogen (secondary N) is 1. The van der Waals surface area contributed by atoms with Crippen molar-refractivity contribution in [2.24, 2.45) is 5.41 Å². The van der Waals surface area contributed by atoms with Gasteiger partial charge in [-0.15, -0.1) is 0 Å². The summed E-state index contributed by atoms with van der Waals surface area (Å²) in [5.41, 5.74) is 4.30. The van der Waals surface area contributed by atoms with Crippen LogP contribution in [0.3, 0.4) is 0 Å². The molecule has 4 bridgehead atoms. The molecule has 12 nitrogen and oxygen atoms in total. The van der Waals surface area contributed by atoms with Gasteiger partial charge in [0.05, 0.1) is 41.3 Å². The Hall–Kier alpha value is -4.62. The van der Waals surface area contributed by atoms with Crippen molar-refractivity contribution in [3.8, 4) is 17.1 Å². The fraction of sp³-hybridized carbons (Fsp3) is 0.462. The number of piperidine rings is 1. The number of nitrogens with zero attached hydrogens (tertiary/aromatic N) is 7. The van der Waals surface area contributed by atoms with Gasteiger partial charge in [-0.2, -0.15) is 4.98 Å². The van der Waals surface area contributed by atoms with Crippen LogP contribution in [0.2, 0.25) is 0 Å². The van der Waals surface area contributed by atoms with Crippen LogP contribution in [0.25, 0.3) is 11.3 Å². The average molecular weight is 725 g/mol. The van der Waals surface area contributed by atoms with Crippen LogP contribution < -0.4 is 14.4 Å². The van der Waals surface area contributed by atoms with Crippen LogP contribution in [0.1, 0.15) is 73.6 Å². The highest BCUT2D eigenvalue weighted by Gasteiger charge is 2.40. The number of likely N-dealkylation sites (tertiary alicyclic amines) is 1. The van der Waals surface area contributed by atoms with E-state index in [0.29, 0.717) is 30.4 Å². The average Bonchev–Trinajstić information content (AvgIpc) is 3.05. The summed E-state index contributed by atoms with van der Waals surface area (Å²) in [6.45, 7) is 12.9. The molecule has 0 spiro atoms. The Kier molecular flexibility index (Phi) is 9.68. The number of ether oxygens (including phenoxy) is 1. The topological polar surface area (TPSA) is 134 Å². The highest BCUT2D eigenvalue weighted by molar-refractivity contribution is 7.92. The maximum Gasteiger partial charge on any atom is 0.264 e. The third kappa shape index (κ3) is 7.61. The van der Waals surface area contributed by atoms with Crippen molar-refractivity contribution in [1.82, 2.24) is 29.7 Å². The number of benzene rings is 2. The Labute approximate surface area is 306 Å². The molecule has 2 aromatic heterocycles. The van der Waals surface area contributed by atoms with Crippen molar-refractivity contribution in [2.45, 2.75) is 89.9 Å². The number of carbonyl (C=O) groups is 1. The van der Waals surface area contributed by atoms with E-state index >= 15 is 0 Å². The molecule has 2 atom stereocenters. The molecule has 0 unspecified atom stereocenters. The number of amides is 1. The maximum atomic E-state index is 14.7. The summed E-state index contributed by atoms with van der Waals surface area (Å²) in [7, 11) is -2.15. The van der Waals surface area contributed by atoms with E-state index in [1.54, 1.807) is 35.5 Å². The fourth-order valence-corrected chi connectivity index (χ4v) is 8.53. The Morgan fingerprint density at radius 3 is 2.44 bits per heavy atom. The van der Waals surface area contributed by atoms with Crippen LogP contribution in [-0.2, 0) is 16.6 Å². The number of aromatic nitrogens is 4. The van der Waals surface area contributed by atoms with E-state index in [4.69, 9.17) is 14.7 Å². The lowest BCUT2D eigenvalue weighted by Crippen LogP contribution is -2.58. The van der Waals surface area contributed by atoms with Gasteiger partial charge in [-0.3, -0.25) is 14.7 Å². The molecule has 7 rings (SSSR count). The molecule has 2 aliphatic heterocycles. The number of hydrogen-bond acceptors (Lipinski definition) is 10. The van der Waals surface area contributed by atoms with Crippen LogP contribution in [-0.4, -0.2) is 88.9 Å². The van der Waals surface area contributed by atoms with Crippen molar-refractivity contribution in [1.29, 1.82) is 0 Å². The monoisotopic (exact) mass is 724 g/mol. The number of hydrogen-bond donors (Lipinski definition) is 1. The molecule has 1 saturated carbocycles. The van der Waals surface area contributed by atoms with E-state index in [9.17, 15) is 13.2 Å². The first-order chi connectivity index (χ1) is 24.7. The number of anilines is 2. The molecule has 1 amide bonds. The number of aryl methyl sites for hydroxylation is 2. The lowest BCUT2D eigenvalue weighted by molar-refractivity contribution is -0.00807. The second-order valence-corrected chi connectivity index (χ2v) is 17.3. The molecule has 2 fully saturated rings. The van der Waals surface area contributed by atoms with Crippen LogP contribution >= 0.6 is 0 Å². The minimum atomic E-state index is -4.19. The zero-order valence-corrected chi connectivity index (χ0v) is 31.7. The highest BCUT2D eigenvalue weighted by atomic mass is 32.2. The molecule has 274 valence electrons. The van der Waals surface area contributed by atoms with E-state index in [1.165, 1.54) is 18.6 Å². The van der Waals surface area contributed by atoms with E-state index in [1.807, 2.05) is 39.1 Å². The van der Waals surface area contributed by atoms with Crippen molar-refractivity contribution in [3.63, 3.8) is 0 Å². The summed E-state index contributed by atoms with van der Waals surface area (Å²) in [6, 6.07) is 13.9. The Bertz CT molecular complexity index is 2060. The normalized spacial score (nSPS) is 20.7. The van der Waals surface area contributed by atoms with Crippen LogP contribution in [0.5, 0.6) is 5.88 Å². The van der Waals surface area contributed by atoms with Crippen LogP contribution in [0, 0.1) is 19.3 Å². The predicted octanol–water partition coefficient (Wildman–Crippen LogP) is 5.86. The number of rotatable bonds is 6. The molecule has 3 aliphatic rings. The van der Waals surface area contributed by atoms with Crippen molar-refractivity contribution in [3.05, 3.63) is 83.3 Å². The third-order valence-corrected chi connectivity index (χ3v) is 11.6. The standard InChI is InChI=1S/C39H48N8O4S/c1-25-10-7-11-26(2)36(25)31-19-35-43-38(42-31)44-52(49,50)30-15-8-12-27(18-30)37(48)47(32-16-17-46(23-33(32)51-35)24-39(3,4)5)22-28-20-40-21-34(41-28)45(6)29-13-9-14-29/h7-8,10-12,15,18-21,29,32-33H,9,13-14,16-17,22-24H2,1-6H3,(H,42,43,44)/t32-,33-/m1/s1. The van der Waals surface area contributed by atoms with E-state index in [2.05, 4.69) is 45.3 Å². The molecule has 0 radical (unpaired) electrons. The molecule has 13 heteroatoms. The van der Waals surface area contributed by atoms with Crippen LogP contribution in [0.15, 0.2) is 65.8 Å². The first kappa shape index (κ1) is 35.8. The van der Waals surface area contributed by atoms with Gasteiger partial charge in [0.1, 0.15) is 11.9 Å². The van der Waals surface area contributed by atoms with E-state index in [0.717, 1.165) is 48.4 Å². The Morgan fingerprint density at radius 2 is 1.73 bits per heavy atom. The summed E-state index contributed by atoms with van der Waals surface area (Å²) >= 11 is 0. The minimum absolute atomic E-state index is 0.0322. The molecule has 1 aliphatic carbocycles. The summed E-state index contributed by atoms with van der Waals surface area (Å²) in [4.78, 5) is 39.8. The Morgan fingerprint density at radius 1 is 0.981 bits per heavy atom. The Balaban J connectivity index is 1.36. The molecular formula is C39H48N8O4S. The van der Waals surface area contributed by atoms with Gasteiger partial charge in [0, 0.05) is 49.9 Å². The van der Waals surface area contributed by atoms with Gasteiger partial charge >= 0.3 is 0 Å². The van der Waals surface area contributed by atoms with Crippen LogP contribution in [0.4, 0.5) is 11.8 Å². The van der Waals surface area contributed by atoms with E-state index in [-0.39, 0.29) is 40.2 Å². The van der Waals surface area contributed by atoms with Gasteiger partial charge < -0.3 is 14.5 Å². The molecule has 4 heterocycles. The first-order valence-electron chi connectivity index (χ1n) is 18.1. The van der Waals surface area contributed by atoms with Gasteiger partial charge in [-0.05, 0) is 74.3 Å². The lowest BCUT2D eigenvalue weighted by atomic mass is 9.92. The quantitative estimate of drug-likeness (QED) is 0.258. The van der Waals surface area contributed by atoms with Gasteiger partial charge in [-0.1, -0.05) is 45.0 Å². The molecule has 4 aromatic rings. The molecule has 1 saturated heterocycles. The number of carbonyl (C=O) groups excluding carboxylic acids is 1. The van der Waals surface area contributed by atoms with E-state index < -0.39 is 22.2 Å². The van der Waals surface area contributed by atoms with Crippen molar-refractivity contribution in [2.75, 3.05) is 36.3 Å². The highest BCUT2D eigenvalue weighted by Crippen LogP contribution is 2.33. The second kappa shape index (κ2) is 14.1. The van der Waals surface area contributed by atoms with Crippen molar-refractivity contribution < 1.29 is 17.9 Å². The summed E-state index contributed by atoms with van der Waals surface area (Å²) in [5, 5.41) is 0. The largest absolute Gasteiger partial charge is 0.471 e. The third-order valence-electron chi connectivity index (χ3n) is 10.3. The number of fused-ring (bicyclic) bond motifs is 5. The number of sulfonamides is 1. The predicted molar refractivity (Wildman–Crippen MR) is 201 cm³/mol. The minimum Gasteiger partial charge on any atom is -0.471 e. The van der Waals surface area contributed by atoms with Gasteiger partial charge in [0.15, 0.2) is 0 Å². The summed E-state index contributed by atoms with van der Waals surface area (Å²) < 4.78 is 37.2. The SMILES string of the molecule is Cc1cccc(C)c1-c1cc2nc(n1)NS(=O)(=O)c1cccc(c1)C(=O)N(Cc1cncc(N(C)C3CCC3)n1)[C@@H]1CCN(CC(C)(C)C)C[C@H]1O2. The molecule has 1 N–H and O–H groups in total. The summed E-state index contributed by atoms with van der Waals surface area (Å²) in [5.74, 6) is 0.567. The fourth-order valence-electron chi connectivity index (χ4n) is 7.55. The van der Waals surface area contributed by atoms with Gasteiger partial charge in [-0.25, -0.2) is 23.1 Å². The van der Waals surface area contributed by atoms with Crippen molar-refractivity contribution >= 4 is 27.7 Å². The maximum absolute atomic E-state index is 14.7. The summed E-state index contributed by atoms with van der Waals surface area (Å²) in [6.07, 6.45) is 7.01. The van der Waals surface area contributed by atoms with Gasteiger partial charge in [0.25, 0.3) is 15.9 Å². The zero-order valence-electron chi connectivity index (χ0n) is 30.8. The van der Waals surface area contributed by atoms with Gasteiger partial charge in [0.2, 0.25) is 11.8 Å².